The Kier molecular flexibility index (Phi) is 4.80. The number of ether oxygens (including phenoxy) is 1. The Labute approximate surface area is 153 Å². The maximum absolute atomic E-state index is 10.7. The average Bonchev–Trinajstić information content (AvgIpc) is 2.79. The number of carboxylic acid groups (broad SMARTS) is 1. The van der Waals surface area contributed by atoms with E-state index in [9.17, 15) is 4.79 Å². The number of unbranched alkanes of at least 4 members (excludes halogenated alkanes) is 1. The predicted octanol–water partition coefficient (Wildman–Crippen LogP) is 3.91. The van der Waals surface area contributed by atoms with Gasteiger partial charge >= 0.3 is 5.97 Å². The van der Waals surface area contributed by atoms with Gasteiger partial charge in [0, 0.05) is 31.6 Å². The molecule has 2 aliphatic rings. The van der Waals surface area contributed by atoms with Crippen LogP contribution in [0, 0.1) is 0 Å². The van der Waals surface area contributed by atoms with Gasteiger partial charge in [-0.3, -0.25) is 9.69 Å². The van der Waals surface area contributed by atoms with Gasteiger partial charge in [-0.2, -0.15) is 0 Å². The molecule has 0 bridgehead atoms. The molecule has 1 N–H and O–H groups in total. The van der Waals surface area contributed by atoms with E-state index in [1.165, 1.54) is 5.56 Å². The molecule has 0 spiro atoms. The van der Waals surface area contributed by atoms with Crippen LogP contribution in [0.3, 0.4) is 0 Å². The van der Waals surface area contributed by atoms with E-state index in [2.05, 4.69) is 34.1 Å². The first-order valence-electron chi connectivity index (χ1n) is 9.29. The van der Waals surface area contributed by atoms with E-state index in [-0.39, 0.29) is 12.5 Å². The SMILES string of the molecule is O=C(O)CCCCN1CCN2c3ccccc3Oc3ccccc3C2C1. The molecule has 0 amide bonds. The molecule has 136 valence electrons. The smallest absolute Gasteiger partial charge is 0.303 e. The number of para-hydroxylation sites is 3. The van der Waals surface area contributed by atoms with E-state index in [4.69, 9.17) is 9.84 Å². The fourth-order valence-corrected chi connectivity index (χ4v) is 3.96. The van der Waals surface area contributed by atoms with Crippen LogP contribution in [-0.4, -0.2) is 42.2 Å². The first-order chi connectivity index (χ1) is 12.7. The van der Waals surface area contributed by atoms with E-state index >= 15 is 0 Å². The summed E-state index contributed by atoms with van der Waals surface area (Å²) in [5.74, 6) is 1.14. The van der Waals surface area contributed by atoms with Gasteiger partial charge in [0.25, 0.3) is 0 Å². The molecule has 2 aromatic carbocycles. The van der Waals surface area contributed by atoms with Crippen LogP contribution in [0.15, 0.2) is 48.5 Å². The van der Waals surface area contributed by atoms with Crippen molar-refractivity contribution in [2.45, 2.75) is 25.3 Å². The highest BCUT2D eigenvalue weighted by atomic mass is 16.5. The number of carbonyl (C=O) groups is 1. The van der Waals surface area contributed by atoms with Crippen LogP contribution < -0.4 is 9.64 Å². The molecule has 2 heterocycles. The van der Waals surface area contributed by atoms with Crippen molar-refractivity contribution in [1.82, 2.24) is 4.90 Å². The summed E-state index contributed by atoms with van der Waals surface area (Å²) >= 11 is 0. The quantitative estimate of drug-likeness (QED) is 0.827. The molecule has 2 aliphatic heterocycles. The predicted molar refractivity (Wildman–Crippen MR) is 101 cm³/mol. The van der Waals surface area contributed by atoms with Crippen molar-refractivity contribution in [3.05, 3.63) is 54.1 Å². The molecule has 0 aromatic heterocycles. The standard InChI is InChI=1S/C21H24N2O3/c24-21(25)11-5-6-12-22-13-14-23-17-8-2-4-10-20(17)26-19-9-3-1-7-16(19)18(23)15-22/h1-4,7-10,18H,5-6,11-15H2,(H,24,25). The lowest BCUT2D eigenvalue weighted by Gasteiger charge is -2.42. The average molecular weight is 352 g/mol. The summed E-state index contributed by atoms with van der Waals surface area (Å²) in [7, 11) is 0. The number of fused-ring (bicyclic) bond motifs is 5. The third kappa shape index (κ3) is 3.40. The lowest BCUT2D eigenvalue weighted by atomic mass is 10.0. The second-order valence-corrected chi connectivity index (χ2v) is 6.97. The molecule has 5 nitrogen and oxygen atoms in total. The van der Waals surface area contributed by atoms with Crippen molar-refractivity contribution in [2.24, 2.45) is 0 Å². The maximum atomic E-state index is 10.7. The Bertz CT molecular complexity index is 792. The van der Waals surface area contributed by atoms with Crippen LogP contribution in [0.4, 0.5) is 5.69 Å². The Morgan fingerprint density at radius 2 is 1.81 bits per heavy atom. The zero-order chi connectivity index (χ0) is 17.9. The van der Waals surface area contributed by atoms with E-state index in [0.717, 1.165) is 56.2 Å². The normalized spacial score (nSPS) is 18.9. The van der Waals surface area contributed by atoms with Crippen LogP contribution in [0.25, 0.3) is 0 Å². The number of hydrogen-bond donors (Lipinski definition) is 1. The molecular formula is C21H24N2O3. The van der Waals surface area contributed by atoms with E-state index < -0.39 is 5.97 Å². The number of rotatable bonds is 5. The van der Waals surface area contributed by atoms with Crippen molar-refractivity contribution >= 4 is 11.7 Å². The van der Waals surface area contributed by atoms with Gasteiger partial charge in [0.15, 0.2) is 5.75 Å². The number of piperazine rings is 1. The molecule has 5 heteroatoms. The van der Waals surface area contributed by atoms with Crippen molar-refractivity contribution in [3.8, 4) is 11.5 Å². The zero-order valence-corrected chi connectivity index (χ0v) is 14.8. The molecule has 26 heavy (non-hydrogen) atoms. The van der Waals surface area contributed by atoms with Gasteiger partial charge in [0.2, 0.25) is 0 Å². The van der Waals surface area contributed by atoms with E-state index in [0.29, 0.717) is 0 Å². The number of nitrogens with zero attached hydrogens (tertiary/aromatic N) is 2. The van der Waals surface area contributed by atoms with Crippen LogP contribution in [0.1, 0.15) is 30.9 Å². The van der Waals surface area contributed by atoms with Crippen LogP contribution in [0.5, 0.6) is 11.5 Å². The molecule has 1 fully saturated rings. The van der Waals surface area contributed by atoms with Gasteiger partial charge in [-0.05, 0) is 37.6 Å². The fraction of sp³-hybridized carbons (Fsp3) is 0.381. The highest BCUT2D eigenvalue weighted by molar-refractivity contribution is 5.66. The zero-order valence-electron chi connectivity index (χ0n) is 14.8. The molecule has 2 aromatic rings. The van der Waals surface area contributed by atoms with Crippen molar-refractivity contribution < 1.29 is 14.6 Å². The van der Waals surface area contributed by atoms with E-state index in [1.807, 2.05) is 24.3 Å². The summed E-state index contributed by atoms with van der Waals surface area (Å²) in [4.78, 5) is 15.6. The van der Waals surface area contributed by atoms with Gasteiger partial charge in [-0.25, -0.2) is 0 Å². The minimum atomic E-state index is -0.707. The van der Waals surface area contributed by atoms with Gasteiger partial charge in [-0.1, -0.05) is 30.3 Å². The second-order valence-electron chi connectivity index (χ2n) is 6.97. The highest BCUT2D eigenvalue weighted by Crippen LogP contribution is 2.45. The first kappa shape index (κ1) is 16.9. The number of carboxylic acids is 1. The number of benzene rings is 2. The monoisotopic (exact) mass is 352 g/mol. The Balaban J connectivity index is 1.55. The van der Waals surface area contributed by atoms with Crippen molar-refractivity contribution in [3.63, 3.8) is 0 Å². The van der Waals surface area contributed by atoms with Gasteiger partial charge in [0.05, 0.1) is 11.7 Å². The fourth-order valence-electron chi connectivity index (χ4n) is 3.96. The lowest BCUT2D eigenvalue weighted by Crippen LogP contribution is -2.48. The molecule has 0 saturated carbocycles. The van der Waals surface area contributed by atoms with Gasteiger partial charge in [-0.15, -0.1) is 0 Å². The minimum absolute atomic E-state index is 0.253. The van der Waals surface area contributed by atoms with Gasteiger partial charge < -0.3 is 14.7 Å². The summed E-state index contributed by atoms with van der Waals surface area (Å²) in [6.45, 7) is 3.81. The third-order valence-corrected chi connectivity index (χ3v) is 5.25. The molecule has 1 saturated heterocycles. The Morgan fingerprint density at radius 3 is 2.65 bits per heavy atom. The Hall–Kier alpha value is -2.53. The maximum Gasteiger partial charge on any atom is 0.303 e. The Morgan fingerprint density at radius 1 is 1.04 bits per heavy atom. The topological polar surface area (TPSA) is 53.0 Å². The summed E-state index contributed by atoms with van der Waals surface area (Å²) < 4.78 is 6.23. The van der Waals surface area contributed by atoms with Crippen molar-refractivity contribution in [1.29, 1.82) is 0 Å². The lowest BCUT2D eigenvalue weighted by molar-refractivity contribution is -0.137. The van der Waals surface area contributed by atoms with Crippen LogP contribution >= 0.6 is 0 Å². The molecule has 0 aliphatic carbocycles. The molecule has 4 rings (SSSR count). The van der Waals surface area contributed by atoms with Crippen LogP contribution in [-0.2, 0) is 4.79 Å². The van der Waals surface area contributed by atoms with E-state index in [1.54, 1.807) is 0 Å². The number of aliphatic carboxylic acids is 1. The third-order valence-electron chi connectivity index (χ3n) is 5.25. The number of hydrogen-bond acceptors (Lipinski definition) is 4. The summed E-state index contributed by atoms with van der Waals surface area (Å²) in [5, 5.41) is 8.80. The summed E-state index contributed by atoms with van der Waals surface area (Å²) in [5.41, 5.74) is 2.37. The van der Waals surface area contributed by atoms with Crippen LogP contribution in [0.2, 0.25) is 0 Å². The minimum Gasteiger partial charge on any atom is -0.481 e. The molecular weight excluding hydrogens is 328 g/mol. The molecule has 0 radical (unpaired) electrons. The largest absolute Gasteiger partial charge is 0.481 e. The number of anilines is 1. The summed E-state index contributed by atoms with van der Waals surface area (Å²) in [6, 6.07) is 16.8. The highest BCUT2D eigenvalue weighted by Gasteiger charge is 2.33. The second kappa shape index (κ2) is 7.38. The molecule has 1 unspecified atom stereocenters. The van der Waals surface area contributed by atoms with Gasteiger partial charge in [0.1, 0.15) is 5.75 Å². The van der Waals surface area contributed by atoms with Crippen molar-refractivity contribution in [2.75, 3.05) is 31.1 Å². The molecule has 1 atom stereocenters. The summed E-state index contributed by atoms with van der Waals surface area (Å²) in [6.07, 6.45) is 1.92. The first-order valence-corrected chi connectivity index (χ1v) is 9.29.